The summed E-state index contributed by atoms with van der Waals surface area (Å²) in [6, 6.07) is 6.49. The van der Waals surface area contributed by atoms with E-state index in [9.17, 15) is 13.6 Å². The topological polar surface area (TPSA) is 64.3 Å². The van der Waals surface area contributed by atoms with Crippen LogP contribution in [0.2, 0.25) is 0 Å². The summed E-state index contributed by atoms with van der Waals surface area (Å²) in [4.78, 5) is 12.1. The molecule has 3 N–H and O–H groups in total. The number of carbonyl (C=O) groups is 1. The van der Waals surface area contributed by atoms with Gasteiger partial charge in [-0.25, -0.2) is 8.78 Å². The van der Waals surface area contributed by atoms with Crippen molar-refractivity contribution in [3.8, 4) is 5.75 Å². The van der Waals surface area contributed by atoms with Gasteiger partial charge in [-0.05, 0) is 34.1 Å². The Morgan fingerprint density at radius 3 is 2.57 bits per heavy atom. The first-order valence-corrected chi connectivity index (χ1v) is 6.61. The summed E-state index contributed by atoms with van der Waals surface area (Å²) in [5, 5.41) is 2.55. The second-order valence-corrected chi connectivity index (χ2v) is 5.01. The summed E-state index contributed by atoms with van der Waals surface area (Å²) in [5.74, 6) is -2.36. The highest BCUT2D eigenvalue weighted by atomic mass is 79.9. The smallest absolute Gasteiger partial charge is 0.257 e. The first kappa shape index (κ1) is 15.2. The van der Waals surface area contributed by atoms with Gasteiger partial charge in [-0.1, -0.05) is 0 Å². The molecule has 0 aliphatic rings. The Morgan fingerprint density at radius 1 is 1.24 bits per heavy atom. The molecular weight excluding hydrogens is 346 g/mol. The van der Waals surface area contributed by atoms with Gasteiger partial charge in [-0.3, -0.25) is 4.79 Å². The van der Waals surface area contributed by atoms with E-state index in [2.05, 4.69) is 21.2 Å². The van der Waals surface area contributed by atoms with Crippen molar-refractivity contribution in [2.45, 2.75) is 0 Å². The number of hydrogen-bond donors (Lipinski definition) is 2. The number of methoxy groups -OCH3 is 1. The van der Waals surface area contributed by atoms with Crippen molar-refractivity contribution in [1.82, 2.24) is 0 Å². The van der Waals surface area contributed by atoms with Gasteiger partial charge in [0.05, 0.1) is 18.4 Å². The largest absolute Gasteiger partial charge is 0.497 e. The second kappa shape index (κ2) is 6.09. The highest BCUT2D eigenvalue weighted by Gasteiger charge is 2.15. The van der Waals surface area contributed by atoms with E-state index in [0.29, 0.717) is 15.9 Å². The Morgan fingerprint density at radius 2 is 1.90 bits per heavy atom. The maximum atomic E-state index is 13.2. The molecule has 0 heterocycles. The van der Waals surface area contributed by atoms with Crippen molar-refractivity contribution in [1.29, 1.82) is 0 Å². The van der Waals surface area contributed by atoms with Crippen LogP contribution in [0.4, 0.5) is 20.2 Å². The van der Waals surface area contributed by atoms with Crippen LogP contribution in [0.5, 0.6) is 5.75 Å². The van der Waals surface area contributed by atoms with Crippen LogP contribution in [0.1, 0.15) is 10.4 Å². The van der Waals surface area contributed by atoms with E-state index in [1.54, 1.807) is 18.2 Å². The number of halogens is 3. The van der Waals surface area contributed by atoms with Crippen molar-refractivity contribution >= 4 is 33.2 Å². The number of ether oxygens (including phenoxy) is 1. The molecule has 2 aromatic carbocycles. The third-order valence-electron chi connectivity index (χ3n) is 2.76. The molecule has 4 nitrogen and oxygen atoms in total. The second-order valence-electron chi connectivity index (χ2n) is 4.15. The average molecular weight is 357 g/mol. The van der Waals surface area contributed by atoms with E-state index < -0.39 is 17.5 Å². The molecule has 0 aliphatic heterocycles. The highest BCUT2D eigenvalue weighted by molar-refractivity contribution is 9.10. The monoisotopic (exact) mass is 356 g/mol. The van der Waals surface area contributed by atoms with E-state index in [-0.39, 0.29) is 11.3 Å². The molecule has 21 heavy (non-hydrogen) atoms. The van der Waals surface area contributed by atoms with Crippen LogP contribution in [-0.2, 0) is 0 Å². The fraction of sp³-hybridized carbons (Fsp3) is 0.0714. The van der Waals surface area contributed by atoms with Gasteiger partial charge in [0, 0.05) is 22.3 Å². The third kappa shape index (κ3) is 3.30. The number of nitrogens with two attached hydrogens (primary N) is 1. The first-order chi connectivity index (χ1) is 9.92. The molecule has 0 unspecified atom stereocenters. The summed E-state index contributed by atoms with van der Waals surface area (Å²) in [7, 11) is 1.49. The zero-order valence-corrected chi connectivity index (χ0v) is 12.5. The number of amides is 1. The van der Waals surface area contributed by atoms with Crippen molar-refractivity contribution in [3.05, 3.63) is 52.0 Å². The van der Waals surface area contributed by atoms with E-state index in [1.165, 1.54) is 7.11 Å². The lowest BCUT2D eigenvalue weighted by molar-refractivity contribution is 0.102. The lowest BCUT2D eigenvalue weighted by atomic mass is 10.1. The number of anilines is 2. The summed E-state index contributed by atoms with van der Waals surface area (Å²) < 4.78 is 31.9. The lowest BCUT2D eigenvalue weighted by Gasteiger charge is -2.11. The fourth-order valence-electron chi connectivity index (χ4n) is 1.68. The molecule has 0 bridgehead atoms. The maximum Gasteiger partial charge on any atom is 0.257 e. The Bertz CT molecular complexity index is 708. The minimum absolute atomic E-state index is 0.148. The standard InChI is InChI=1S/C14H11BrF2N2O2/c1-21-7-2-3-9(15)13(4-7)19-14(20)8-5-10(16)11(17)6-12(8)18/h2-6H,18H2,1H3,(H,19,20). The number of nitrogens with one attached hydrogen (secondary N) is 1. The highest BCUT2D eigenvalue weighted by Crippen LogP contribution is 2.28. The zero-order chi connectivity index (χ0) is 15.6. The van der Waals surface area contributed by atoms with Gasteiger partial charge in [-0.2, -0.15) is 0 Å². The minimum atomic E-state index is -1.14. The summed E-state index contributed by atoms with van der Waals surface area (Å²) in [6.45, 7) is 0. The molecular formula is C14H11BrF2N2O2. The molecule has 0 spiro atoms. The predicted octanol–water partition coefficient (Wildman–Crippen LogP) is 3.57. The van der Waals surface area contributed by atoms with Crippen LogP contribution in [0.25, 0.3) is 0 Å². The number of hydrogen-bond acceptors (Lipinski definition) is 3. The van der Waals surface area contributed by atoms with Crippen molar-refractivity contribution < 1.29 is 18.3 Å². The number of benzene rings is 2. The molecule has 0 saturated heterocycles. The minimum Gasteiger partial charge on any atom is -0.497 e. The van der Waals surface area contributed by atoms with Crippen LogP contribution >= 0.6 is 15.9 Å². The number of rotatable bonds is 3. The Labute approximate surface area is 128 Å². The Hall–Kier alpha value is -2.15. The number of nitrogen functional groups attached to an aromatic ring is 1. The SMILES string of the molecule is COc1ccc(Br)c(NC(=O)c2cc(F)c(F)cc2N)c1. The quantitative estimate of drug-likeness (QED) is 0.826. The fourth-order valence-corrected chi connectivity index (χ4v) is 2.02. The maximum absolute atomic E-state index is 13.2. The molecule has 0 radical (unpaired) electrons. The molecule has 7 heteroatoms. The van der Waals surface area contributed by atoms with Gasteiger partial charge in [0.1, 0.15) is 5.75 Å². The van der Waals surface area contributed by atoms with Crippen molar-refractivity contribution in [3.63, 3.8) is 0 Å². The third-order valence-corrected chi connectivity index (χ3v) is 3.45. The summed E-state index contributed by atoms with van der Waals surface area (Å²) in [6.07, 6.45) is 0. The molecule has 0 fully saturated rings. The van der Waals surface area contributed by atoms with E-state index in [1.807, 2.05) is 0 Å². The molecule has 0 aromatic heterocycles. The van der Waals surface area contributed by atoms with Gasteiger partial charge in [0.25, 0.3) is 5.91 Å². The van der Waals surface area contributed by atoms with Crippen LogP contribution in [0.3, 0.4) is 0 Å². The van der Waals surface area contributed by atoms with E-state index in [0.717, 1.165) is 12.1 Å². The number of carbonyl (C=O) groups excluding carboxylic acids is 1. The normalized spacial score (nSPS) is 10.3. The van der Waals surface area contributed by atoms with Crippen molar-refractivity contribution in [2.24, 2.45) is 0 Å². The van der Waals surface area contributed by atoms with E-state index >= 15 is 0 Å². The zero-order valence-electron chi connectivity index (χ0n) is 10.9. The molecule has 0 atom stereocenters. The first-order valence-electron chi connectivity index (χ1n) is 5.81. The molecule has 2 aromatic rings. The molecule has 1 amide bonds. The van der Waals surface area contributed by atoms with Gasteiger partial charge >= 0.3 is 0 Å². The van der Waals surface area contributed by atoms with Crippen LogP contribution < -0.4 is 15.8 Å². The Balaban J connectivity index is 2.32. The lowest BCUT2D eigenvalue weighted by Crippen LogP contribution is -2.15. The van der Waals surface area contributed by atoms with Gasteiger partial charge in [0.2, 0.25) is 0 Å². The molecule has 0 saturated carbocycles. The predicted molar refractivity (Wildman–Crippen MR) is 79.4 cm³/mol. The summed E-state index contributed by atoms with van der Waals surface area (Å²) in [5.41, 5.74) is 5.66. The Kier molecular flexibility index (Phi) is 4.42. The van der Waals surface area contributed by atoms with Crippen LogP contribution in [0.15, 0.2) is 34.8 Å². The van der Waals surface area contributed by atoms with Crippen LogP contribution in [-0.4, -0.2) is 13.0 Å². The molecule has 2 rings (SSSR count). The van der Waals surface area contributed by atoms with Gasteiger partial charge in [-0.15, -0.1) is 0 Å². The van der Waals surface area contributed by atoms with Crippen molar-refractivity contribution in [2.75, 3.05) is 18.2 Å². The van der Waals surface area contributed by atoms with Gasteiger partial charge in [0.15, 0.2) is 11.6 Å². The summed E-state index contributed by atoms with van der Waals surface area (Å²) >= 11 is 3.27. The van der Waals surface area contributed by atoms with Crippen LogP contribution in [0, 0.1) is 11.6 Å². The average Bonchev–Trinajstić information content (AvgIpc) is 2.45. The molecule has 110 valence electrons. The van der Waals surface area contributed by atoms with Gasteiger partial charge < -0.3 is 15.8 Å². The molecule has 0 aliphatic carbocycles. The van der Waals surface area contributed by atoms with E-state index in [4.69, 9.17) is 10.5 Å².